The van der Waals surface area contributed by atoms with Crippen molar-refractivity contribution in [3.05, 3.63) is 35.2 Å². The molecule has 1 aromatic carbocycles. The van der Waals surface area contributed by atoms with Crippen molar-refractivity contribution in [1.82, 2.24) is 0 Å². The monoisotopic (exact) mass is 204 g/mol. The van der Waals surface area contributed by atoms with Gasteiger partial charge in [0.05, 0.1) is 0 Å². The van der Waals surface area contributed by atoms with Gasteiger partial charge in [0, 0.05) is 17.5 Å². The summed E-state index contributed by atoms with van der Waals surface area (Å²) in [5.74, 6) is 0.306. The normalized spacial score (nSPS) is 10.6. The first kappa shape index (κ1) is 9.41. The molecule has 0 saturated heterocycles. The Morgan fingerprint density at radius 3 is 3.00 bits per heavy atom. The molecular formula is C12H12OS. The van der Waals surface area contributed by atoms with Crippen molar-refractivity contribution in [2.45, 2.75) is 19.8 Å². The van der Waals surface area contributed by atoms with Gasteiger partial charge in [0.1, 0.15) is 5.78 Å². The Kier molecular flexibility index (Phi) is 2.64. The highest BCUT2D eigenvalue weighted by Crippen LogP contribution is 2.22. The fraction of sp³-hybridized carbons (Fsp3) is 0.250. The van der Waals surface area contributed by atoms with Crippen LogP contribution in [0.25, 0.3) is 10.1 Å². The van der Waals surface area contributed by atoms with Crippen LogP contribution in [0, 0.1) is 0 Å². The molecule has 0 atom stereocenters. The lowest BCUT2D eigenvalue weighted by molar-refractivity contribution is -0.118. The summed E-state index contributed by atoms with van der Waals surface area (Å²) in [6, 6.07) is 8.35. The summed E-state index contributed by atoms with van der Waals surface area (Å²) in [6.07, 6.45) is 1.20. The van der Waals surface area contributed by atoms with E-state index < -0.39 is 0 Å². The lowest BCUT2D eigenvalue weighted by atomic mass is 10.1. The van der Waals surface area contributed by atoms with Crippen LogP contribution >= 0.6 is 11.3 Å². The van der Waals surface area contributed by atoms with E-state index in [0.717, 1.165) is 5.56 Å². The van der Waals surface area contributed by atoms with Gasteiger partial charge in [-0.1, -0.05) is 19.1 Å². The number of Topliss-reactive ketones (excluding diaryl/α,β-unsaturated/α-hetero) is 1. The standard InChI is InChI=1S/C12H12OS/c1-2-11(13)7-9-3-4-10-5-6-14-12(10)8-9/h3-6,8H,2,7H2,1H3. The van der Waals surface area contributed by atoms with Crippen molar-refractivity contribution < 1.29 is 4.79 Å². The van der Waals surface area contributed by atoms with Crippen LogP contribution in [0.4, 0.5) is 0 Å². The number of hydrogen-bond acceptors (Lipinski definition) is 2. The third kappa shape index (κ3) is 1.85. The zero-order valence-electron chi connectivity index (χ0n) is 8.12. The van der Waals surface area contributed by atoms with Gasteiger partial charge in [-0.25, -0.2) is 0 Å². The minimum Gasteiger partial charge on any atom is -0.299 e. The summed E-state index contributed by atoms with van der Waals surface area (Å²) < 4.78 is 1.27. The fourth-order valence-corrected chi connectivity index (χ4v) is 2.31. The molecule has 1 heterocycles. The molecule has 0 amide bonds. The third-order valence-corrected chi connectivity index (χ3v) is 3.20. The number of fused-ring (bicyclic) bond motifs is 1. The van der Waals surface area contributed by atoms with Gasteiger partial charge in [-0.15, -0.1) is 11.3 Å². The van der Waals surface area contributed by atoms with Crippen LogP contribution in [-0.2, 0) is 11.2 Å². The maximum absolute atomic E-state index is 11.3. The van der Waals surface area contributed by atoms with Gasteiger partial charge in [0.25, 0.3) is 0 Å². The maximum atomic E-state index is 11.3. The van der Waals surface area contributed by atoms with E-state index in [2.05, 4.69) is 23.6 Å². The number of benzene rings is 1. The van der Waals surface area contributed by atoms with Gasteiger partial charge in [-0.05, 0) is 28.5 Å². The van der Waals surface area contributed by atoms with Crippen molar-refractivity contribution in [1.29, 1.82) is 0 Å². The van der Waals surface area contributed by atoms with Crippen LogP contribution < -0.4 is 0 Å². The van der Waals surface area contributed by atoms with Gasteiger partial charge < -0.3 is 0 Å². The molecule has 2 rings (SSSR count). The predicted octanol–water partition coefficient (Wildman–Crippen LogP) is 3.42. The molecule has 0 N–H and O–H groups in total. The number of thiophene rings is 1. The summed E-state index contributed by atoms with van der Waals surface area (Å²) in [5.41, 5.74) is 1.13. The molecule has 72 valence electrons. The second kappa shape index (κ2) is 3.93. The predicted molar refractivity (Wildman–Crippen MR) is 60.8 cm³/mol. The van der Waals surface area contributed by atoms with Gasteiger partial charge in [-0.2, -0.15) is 0 Å². The van der Waals surface area contributed by atoms with E-state index in [1.807, 2.05) is 13.0 Å². The molecule has 1 aromatic heterocycles. The molecule has 0 saturated carbocycles. The van der Waals surface area contributed by atoms with E-state index in [-0.39, 0.29) is 0 Å². The summed E-state index contributed by atoms with van der Waals surface area (Å²) in [6.45, 7) is 1.91. The topological polar surface area (TPSA) is 17.1 Å². The Hall–Kier alpha value is -1.15. The van der Waals surface area contributed by atoms with E-state index in [9.17, 15) is 4.79 Å². The van der Waals surface area contributed by atoms with E-state index in [4.69, 9.17) is 0 Å². The minimum absolute atomic E-state index is 0.306. The summed E-state index contributed by atoms with van der Waals surface area (Å²) >= 11 is 1.72. The highest BCUT2D eigenvalue weighted by Gasteiger charge is 2.02. The number of carbonyl (C=O) groups is 1. The van der Waals surface area contributed by atoms with Crippen LogP contribution in [0.15, 0.2) is 29.6 Å². The molecule has 0 aliphatic carbocycles. The van der Waals surface area contributed by atoms with E-state index >= 15 is 0 Å². The first-order valence-electron chi connectivity index (χ1n) is 4.77. The van der Waals surface area contributed by atoms with Crippen molar-refractivity contribution in [3.63, 3.8) is 0 Å². The fourth-order valence-electron chi connectivity index (χ4n) is 1.46. The van der Waals surface area contributed by atoms with Gasteiger partial charge in [-0.3, -0.25) is 4.79 Å². The Balaban J connectivity index is 2.30. The third-order valence-electron chi connectivity index (χ3n) is 2.32. The van der Waals surface area contributed by atoms with Gasteiger partial charge in [0.2, 0.25) is 0 Å². The molecule has 0 spiro atoms. The second-order valence-corrected chi connectivity index (χ2v) is 4.31. The van der Waals surface area contributed by atoms with Crippen molar-refractivity contribution in [2.75, 3.05) is 0 Å². The molecule has 0 aliphatic rings. The SMILES string of the molecule is CCC(=O)Cc1ccc2ccsc2c1. The molecule has 0 radical (unpaired) electrons. The average molecular weight is 204 g/mol. The van der Waals surface area contributed by atoms with E-state index in [0.29, 0.717) is 18.6 Å². The number of rotatable bonds is 3. The van der Waals surface area contributed by atoms with Crippen molar-refractivity contribution in [3.8, 4) is 0 Å². The average Bonchev–Trinajstić information content (AvgIpc) is 2.64. The largest absolute Gasteiger partial charge is 0.299 e. The molecule has 2 aromatic rings. The van der Waals surface area contributed by atoms with Crippen LogP contribution in [0.3, 0.4) is 0 Å². The summed E-state index contributed by atoms with van der Waals surface area (Å²) in [7, 11) is 0. The highest BCUT2D eigenvalue weighted by molar-refractivity contribution is 7.17. The summed E-state index contributed by atoms with van der Waals surface area (Å²) in [4.78, 5) is 11.3. The lowest BCUT2D eigenvalue weighted by Crippen LogP contribution is -1.99. The van der Waals surface area contributed by atoms with Gasteiger partial charge >= 0.3 is 0 Å². The zero-order chi connectivity index (χ0) is 9.97. The van der Waals surface area contributed by atoms with Gasteiger partial charge in [0.15, 0.2) is 0 Å². The zero-order valence-corrected chi connectivity index (χ0v) is 8.93. The van der Waals surface area contributed by atoms with Crippen molar-refractivity contribution >= 4 is 27.2 Å². The molecule has 0 bridgehead atoms. The summed E-state index contributed by atoms with van der Waals surface area (Å²) in [5, 5.41) is 3.35. The molecule has 2 heteroatoms. The minimum atomic E-state index is 0.306. The van der Waals surface area contributed by atoms with E-state index in [1.165, 1.54) is 10.1 Å². The molecule has 1 nitrogen and oxygen atoms in total. The van der Waals surface area contributed by atoms with Crippen LogP contribution in [-0.4, -0.2) is 5.78 Å². The van der Waals surface area contributed by atoms with Crippen LogP contribution in [0.5, 0.6) is 0 Å². The highest BCUT2D eigenvalue weighted by atomic mass is 32.1. The Morgan fingerprint density at radius 1 is 1.36 bits per heavy atom. The first-order valence-corrected chi connectivity index (χ1v) is 5.65. The number of carbonyl (C=O) groups excluding carboxylic acids is 1. The second-order valence-electron chi connectivity index (χ2n) is 3.36. The Morgan fingerprint density at radius 2 is 2.21 bits per heavy atom. The maximum Gasteiger partial charge on any atom is 0.136 e. The molecule has 0 unspecified atom stereocenters. The Bertz CT molecular complexity index is 456. The number of ketones is 1. The molecule has 0 fully saturated rings. The van der Waals surface area contributed by atoms with E-state index in [1.54, 1.807) is 11.3 Å². The molecular weight excluding hydrogens is 192 g/mol. The van der Waals surface area contributed by atoms with Crippen LogP contribution in [0.1, 0.15) is 18.9 Å². The van der Waals surface area contributed by atoms with Crippen LogP contribution in [0.2, 0.25) is 0 Å². The molecule has 0 aliphatic heterocycles. The number of hydrogen-bond donors (Lipinski definition) is 0. The molecule has 14 heavy (non-hydrogen) atoms. The lowest BCUT2D eigenvalue weighted by Gasteiger charge is -1.98. The smallest absolute Gasteiger partial charge is 0.136 e. The Labute approximate surface area is 87.4 Å². The van der Waals surface area contributed by atoms with Crippen molar-refractivity contribution in [2.24, 2.45) is 0 Å². The first-order chi connectivity index (χ1) is 6.79. The quantitative estimate of drug-likeness (QED) is 0.748.